The maximum absolute atomic E-state index is 12.9. The van der Waals surface area contributed by atoms with E-state index in [1.54, 1.807) is 31.4 Å². The quantitative estimate of drug-likeness (QED) is 0.226. The molecule has 0 radical (unpaired) electrons. The Kier molecular flexibility index (Phi) is 7.28. The fraction of sp³-hybridized carbons (Fsp3) is 0.176. The minimum absolute atomic E-state index is 0.0784. The zero-order chi connectivity index (χ0) is 28.4. The number of methoxy groups -OCH3 is 1. The number of hydrogen-bond acceptors (Lipinski definition) is 5. The molecule has 1 aromatic heterocycles. The molecule has 1 amide bonds. The van der Waals surface area contributed by atoms with E-state index >= 15 is 0 Å². The molecule has 3 aromatic carbocycles. The van der Waals surface area contributed by atoms with Gasteiger partial charge in [-0.25, -0.2) is 4.79 Å². The molecule has 7 heteroatoms. The van der Waals surface area contributed by atoms with Crippen molar-refractivity contribution in [1.29, 1.82) is 0 Å². The van der Waals surface area contributed by atoms with Gasteiger partial charge in [0.1, 0.15) is 23.1 Å². The predicted molar refractivity (Wildman–Crippen MR) is 161 cm³/mol. The number of carboxylic acid groups (broad SMARTS) is 1. The van der Waals surface area contributed by atoms with Crippen molar-refractivity contribution in [1.82, 2.24) is 5.32 Å². The van der Waals surface area contributed by atoms with Gasteiger partial charge in [0.25, 0.3) is 0 Å². The first-order chi connectivity index (χ1) is 20.0. The van der Waals surface area contributed by atoms with Gasteiger partial charge in [0, 0.05) is 23.1 Å². The van der Waals surface area contributed by atoms with E-state index in [2.05, 4.69) is 47.8 Å². The lowest BCUT2D eigenvalue weighted by Crippen LogP contribution is -2.44. The number of ether oxygens (including phenoxy) is 1. The molecular formula is C34H29NO5S. The summed E-state index contributed by atoms with van der Waals surface area (Å²) in [5.74, 6) is 0.300. The average Bonchev–Trinajstić information content (AvgIpc) is 3.64. The monoisotopic (exact) mass is 563 g/mol. The van der Waals surface area contributed by atoms with Crippen LogP contribution in [0.5, 0.6) is 5.75 Å². The number of amides is 1. The number of para-hydroxylation sites is 1. The molecule has 2 N–H and O–H groups in total. The van der Waals surface area contributed by atoms with E-state index in [0.29, 0.717) is 12.2 Å². The fourth-order valence-electron chi connectivity index (χ4n) is 5.58. The lowest BCUT2D eigenvalue weighted by Gasteiger charge is -2.32. The van der Waals surface area contributed by atoms with Crippen LogP contribution in [0.4, 0.5) is 0 Å². The zero-order valence-electron chi connectivity index (χ0n) is 22.5. The Bertz CT molecular complexity index is 1680. The van der Waals surface area contributed by atoms with E-state index in [1.165, 1.54) is 11.8 Å². The van der Waals surface area contributed by atoms with Crippen LogP contribution in [-0.4, -0.2) is 35.9 Å². The Morgan fingerprint density at radius 1 is 0.927 bits per heavy atom. The van der Waals surface area contributed by atoms with E-state index in [1.807, 2.05) is 36.4 Å². The molecule has 206 valence electrons. The first-order valence-electron chi connectivity index (χ1n) is 13.4. The van der Waals surface area contributed by atoms with Gasteiger partial charge in [0.05, 0.1) is 18.3 Å². The molecule has 2 bridgehead atoms. The van der Waals surface area contributed by atoms with E-state index < -0.39 is 16.8 Å². The predicted octanol–water partition coefficient (Wildman–Crippen LogP) is 6.21. The van der Waals surface area contributed by atoms with Crippen LogP contribution in [0.1, 0.15) is 22.5 Å². The third-order valence-corrected chi connectivity index (χ3v) is 9.16. The molecule has 4 aromatic rings. The summed E-state index contributed by atoms with van der Waals surface area (Å²) in [7, 11) is 1.58. The number of carbonyl (C=O) groups is 2. The molecule has 0 unspecified atom stereocenters. The summed E-state index contributed by atoms with van der Waals surface area (Å²) in [5.41, 5.74) is 5.89. The zero-order valence-corrected chi connectivity index (χ0v) is 23.3. The van der Waals surface area contributed by atoms with Crippen LogP contribution in [0.15, 0.2) is 119 Å². The minimum atomic E-state index is -1.07. The normalized spacial score (nSPS) is 15.4. The molecule has 2 aliphatic carbocycles. The number of furan rings is 1. The molecule has 0 saturated heterocycles. The van der Waals surface area contributed by atoms with Gasteiger partial charge in [-0.1, -0.05) is 85.0 Å². The third kappa shape index (κ3) is 5.09. The summed E-state index contributed by atoms with van der Waals surface area (Å²) in [6.07, 6.45) is 9.05. The molecule has 0 fully saturated rings. The van der Waals surface area contributed by atoms with Crippen LogP contribution in [0.25, 0.3) is 11.0 Å². The standard InChI is InChI=1S/C34H29NO5S/c1-39-26-17-11-23(12-18-26)20-31(36)35-28(33(37)38)21-41-34(24-13-14-25(34)16-15-24)32-27-9-5-6-10-29(27)40-30(32)19-22-7-3-2-4-8-22/h2-18,28H,19-21H2,1H3,(H,35,36)(H,37,38)/t28-/m0/s1. The van der Waals surface area contributed by atoms with Crippen LogP contribution >= 0.6 is 11.8 Å². The van der Waals surface area contributed by atoms with Crippen molar-refractivity contribution in [3.05, 3.63) is 137 Å². The SMILES string of the molecule is COc1ccc(CC(=O)N[C@@H](CSC2(c3c(Cc4ccccc4)oc4ccccc34)C3=CC=C2C=C3)C(=O)O)cc1. The third-order valence-electron chi connectivity index (χ3n) is 7.55. The van der Waals surface area contributed by atoms with Gasteiger partial charge in [-0.15, -0.1) is 11.8 Å². The molecule has 0 spiro atoms. The number of aliphatic carboxylic acids is 1. The van der Waals surface area contributed by atoms with Gasteiger partial charge in [-0.2, -0.15) is 0 Å². The fourth-order valence-corrected chi connectivity index (χ4v) is 7.20. The summed E-state index contributed by atoms with van der Waals surface area (Å²) in [5, 5.41) is 13.9. The van der Waals surface area contributed by atoms with Crippen LogP contribution in [0.3, 0.4) is 0 Å². The van der Waals surface area contributed by atoms with E-state index in [-0.39, 0.29) is 18.1 Å². The highest BCUT2D eigenvalue weighted by atomic mass is 32.2. The maximum Gasteiger partial charge on any atom is 0.327 e. The van der Waals surface area contributed by atoms with Crippen molar-refractivity contribution in [3.63, 3.8) is 0 Å². The second-order valence-electron chi connectivity index (χ2n) is 10.1. The first-order valence-corrected chi connectivity index (χ1v) is 14.4. The number of thioether (sulfide) groups is 1. The Hall–Kier alpha value is -4.49. The topological polar surface area (TPSA) is 88.8 Å². The van der Waals surface area contributed by atoms with Gasteiger partial charge < -0.3 is 19.6 Å². The molecule has 0 saturated carbocycles. The summed E-state index contributed by atoms with van der Waals surface area (Å²) in [6, 6.07) is 24.3. The van der Waals surface area contributed by atoms with Crippen molar-refractivity contribution in [2.24, 2.45) is 0 Å². The Morgan fingerprint density at radius 2 is 1.61 bits per heavy atom. The molecule has 2 aliphatic rings. The number of rotatable bonds is 11. The molecule has 0 aliphatic heterocycles. The van der Waals surface area contributed by atoms with Crippen LogP contribution < -0.4 is 10.1 Å². The average molecular weight is 564 g/mol. The summed E-state index contributed by atoms with van der Waals surface area (Å²) in [4.78, 5) is 25.3. The van der Waals surface area contributed by atoms with Crippen LogP contribution in [0, 0.1) is 0 Å². The second kappa shape index (κ2) is 11.2. The van der Waals surface area contributed by atoms with Gasteiger partial charge in [0.15, 0.2) is 0 Å². The smallest absolute Gasteiger partial charge is 0.327 e. The van der Waals surface area contributed by atoms with E-state index in [4.69, 9.17) is 9.15 Å². The number of fused-ring (bicyclic) bond motifs is 3. The number of benzene rings is 3. The summed E-state index contributed by atoms with van der Waals surface area (Å²) < 4.78 is 11.0. The van der Waals surface area contributed by atoms with Gasteiger partial charge in [-0.05, 0) is 40.5 Å². The minimum Gasteiger partial charge on any atom is -0.497 e. The molecular weight excluding hydrogens is 534 g/mol. The lowest BCUT2D eigenvalue weighted by molar-refractivity contribution is -0.141. The van der Waals surface area contributed by atoms with Crippen LogP contribution in [-0.2, 0) is 27.2 Å². The number of carboxylic acids is 1. The molecule has 1 atom stereocenters. The van der Waals surface area contributed by atoms with Crippen molar-refractivity contribution in [2.75, 3.05) is 12.9 Å². The number of allylic oxidation sites excluding steroid dienone is 4. The van der Waals surface area contributed by atoms with E-state index in [0.717, 1.165) is 44.6 Å². The van der Waals surface area contributed by atoms with Gasteiger partial charge in [-0.3, -0.25) is 4.79 Å². The van der Waals surface area contributed by atoms with Crippen molar-refractivity contribution in [3.8, 4) is 5.75 Å². The summed E-state index contributed by atoms with van der Waals surface area (Å²) in [6.45, 7) is 0. The molecule has 1 heterocycles. The van der Waals surface area contributed by atoms with E-state index in [9.17, 15) is 14.7 Å². The van der Waals surface area contributed by atoms with Crippen molar-refractivity contribution < 1.29 is 23.8 Å². The first kappa shape index (κ1) is 26.7. The lowest BCUT2D eigenvalue weighted by atomic mass is 9.88. The van der Waals surface area contributed by atoms with Crippen LogP contribution in [0.2, 0.25) is 0 Å². The molecule has 6 rings (SSSR count). The maximum atomic E-state index is 12.9. The largest absolute Gasteiger partial charge is 0.497 e. The van der Waals surface area contributed by atoms with Gasteiger partial charge >= 0.3 is 5.97 Å². The number of hydrogen-bond donors (Lipinski definition) is 2. The number of carbonyl (C=O) groups excluding carboxylic acids is 1. The Balaban J connectivity index is 1.30. The van der Waals surface area contributed by atoms with Gasteiger partial charge in [0.2, 0.25) is 5.91 Å². The highest BCUT2D eigenvalue weighted by molar-refractivity contribution is 8.00. The van der Waals surface area contributed by atoms with Crippen molar-refractivity contribution >= 4 is 34.6 Å². The highest BCUT2D eigenvalue weighted by Gasteiger charge is 2.48. The molecule has 41 heavy (non-hydrogen) atoms. The second-order valence-corrected chi connectivity index (χ2v) is 11.3. The molecule has 6 nitrogen and oxygen atoms in total. The Labute approximate surface area is 242 Å². The Morgan fingerprint density at radius 3 is 2.27 bits per heavy atom. The summed E-state index contributed by atoms with van der Waals surface area (Å²) >= 11 is 1.53. The van der Waals surface area contributed by atoms with Crippen molar-refractivity contribution in [2.45, 2.75) is 23.6 Å². The highest BCUT2D eigenvalue weighted by Crippen LogP contribution is 2.59. The number of nitrogens with one attached hydrogen (secondary N) is 1.